The fraction of sp³-hybridized carbons (Fsp3) is 1.00. The number of aliphatic hydroxyl groups is 8. The van der Waals surface area contributed by atoms with E-state index in [2.05, 4.69) is 113 Å². The molecule has 13 saturated heterocycles. The highest BCUT2D eigenvalue weighted by molar-refractivity contribution is 4.72. The Morgan fingerprint density at radius 3 is 0.774 bits per heavy atom. The summed E-state index contributed by atoms with van der Waals surface area (Å²) in [6.45, 7) is 51.9. The van der Waals surface area contributed by atoms with Crippen molar-refractivity contribution in [1.82, 2.24) is 97.0 Å². The van der Waals surface area contributed by atoms with Crippen molar-refractivity contribution in [2.75, 3.05) is 375 Å². The van der Waals surface area contributed by atoms with Gasteiger partial charge in [0.2, 0.25) is 0 Å². The molecule has 18 N–H and O–H groups in total. The van der Waals surface area contributed by atoms with E-state index < -0.39 is 0 Å². The average Bonchev–Trinajstić information content (AvgIpc) is 1.16. The van der Waals surface area contributed by atoms with Gasteiger partial charge in [0, 0.05) is 236 Å². The van der Waals surface area contributed by atoms with E-state index in [1.807, 2.05) is 0 Å². The summed E-state index contributed by atoms with van der Waals surface area (Å²) in [6.07, 6.45) is 21.5. The number of hydrogen-bond donors (Lipinski definition) is 18. The van der Waals surface area contributed by atoms with Crippen LogP contribution in [0.15, 0.2) is 0 Å². The fourth-order valence-electron chi connectivity index (χ4n) is 12.9. The van der Waals surface area contributed by atoms with Crippen LogP contribution in [0.3, 0.4) is 0 Å². The molecule has 1 aliphatic carbocycles. The number of morpholine rings is 2. The number of hydrogen-bond acceptors (Lipinski definition) is 30. The maximum absolute atomic E-state index is 9.00. The standard InChI is InChI=1S/C7H16N2O.C7H15NO.2C6H14N2O.C6H13NO2.2C6H13NO.C6H12O.C5H12N2.C5H11N.C4H10N2O.C4H10N2.C4H9NO.C4H9N/c1-8-2-4-9(5-3-8)6-7-10;9-7-6-8-4-2-1-3-5-8;2*9-6-5-8-3-1-7-2-4-8;8-4-1-7-2-5-9-6-3-7;1-7-4-2-6(8)3-5-7;8-6-5-7-3-1-2-4-7;7-6-4-2-1-3-5-6;1-7-4-2-6-3-5-7;1-2-4-6-5-3-1;7-6-3-1-5-2-4-6;1-2-6-4-3-5-1;1-3-6-4-2-5-1;1-2-4-5-3-1/h10H,2-7H2,1H3;9H,1-7H2;2*7,9H,1-6H2;8H,1-6H2;6,8H,2-5H2,1H3;8H,1-6H2;6-7H,1-5H2;6H,2-5H2,1H3;6H,1-5H2;5,7H,1-4H2;5-6H,1-4H2;5H,1-4H2;5H,1-4H2. The topological polar surface area (TPSA) is 341 Å². The van der Waals surface area contributed by atoms with Crippen molar-refractivity contribution >= 4 is 0 Å². The van der Waals surface area contributed by atoms with E-state index in [0.29, 0.717) is 33.0 Å². The van der Waals surface area contributed by atoms with E-state index in [9.17, 15) is 0 Å². The first kappa shape index (κ1) is 103. The molecule has 0 unspecified atom stereocenters. The Morgan fingerprint density at radius 1 is 0.236 bits per heavy atom. The van der Waals surface area contributed by atoms with Gasteiger partial charge in [0.05, 0.1) is 78.3 Å². The number of nitrogens with zero attached hydrogens (tertiary/aromatic N) is 10. The molecule has 1 saturated carbocycles. The summed E-state index contributed by atoms with van der Waals surface area (Å²) in [5, 5.41) is 108. The second-order valence-electron chi connectivity index (χ2n) is 29.3. The lowest BCUT2D eigenvalue weighted by atomic mass is 9.98. The van der Waals surface area contributed by atoms with Crippen LogP contribution in [0.25, 0.3) is 0 Å². The van der Waals surface area contributed by atoms with Crippen molar-refractivity contribution in [3.8, 4) is 0 Å². The van der Waals surface area contributed by atoms with Crippen LogP contribution in [0.2, 0.25) is 0 Å². The summed E-state index contributed by atoms with van der Waals surface area (Å²) in [5.41, 5.74) is 0. The number of rotatable bonds is 12. The molecule has 0 amide bonds. The lowest BCUT2D eigenvalue weighted by Crippen LogP contribution is -2.45. The quantitative estimate of drug-likeness (QED) is 0.0923. The van der Waals surface area contributed by atoms with Gasteiger partial charge in [-0.3, -0.25) is 19.6 Å². The lowest BCUT2D eigenvalue weighted by molar-refractivity contribution is -0.0976. The molecule has 0 atom stereocenters. The van der Waals surface area contributed by atoms with Gasteiger partial charge in [0.1, 0.15) is 0 Å². The molecule has 13 heterocycles. The van der Waals surface area contributed by atoms with Crippen LogP contribution in [0, 0.1) is 0 Å². The zero-order valence-corrected chi connectivity index (χ0v) is 68.2. The van der Waals surface area contributed by atoms with Gasteiger partial charge in [-0.15, -0.1) is 0 Å². The molecular weight excluding hydrogens is 1350 g/mol. The van der Waals surface area contributed by atoms with E-state index in [-0.39, 0.29) is 18.8 Å². The molecule has 30 heteroatoms. The van der Waals surface area contributed by atoms with Gasteiger partial charge < -0.3 is 128 Å². The van der Waals surface area contributed by atoms with Crippen LogP contribution in [-0.4, -0.2) is 483 Å². The maximum Gasteiger partial charge on any atom is 0.0594 e. The molecule has 13 aliphatic heterocycles. The molecule has 0 bridgehead atoms. The SMILES string of the molecule is C1CCNC1.C1CCNCC1.C1CNCCN1.C1COCCN1.CN1CCC(O)CC1.CN1CCN(CCO)CC1.CN1CCNCC1.OC1CCCCC1.OCCN1CCCC1.OCCN1CCCCC1.OCCN1CCNCC1.OCCN1CCNCC1.OCCN1CCOCC1.ON1CCNCC1. The second-order valence-corrected chi connectivity index (χ2v) is 29.3. The fourth-order valence-corrected chi connectivity index (χ4v) is 12.9. The van der Waals surface area contributed by atoms with Gasteiger partial charge in [0.25, 0.3) is 0 Å². The molecule has 0 aromatic heterocycles. The normalized spacial score (nSPS) is 23.7. The van der Waals surface area contributed by atoms with Crippen molar-refractivity contribution in [3.05, 3.63) is 0 Å². The smallest absolute Gasteiger partial charge is 0.0594 e. The van der Waals surface area contributed by atoms with Crippen LogP contribution >= 0.6 is 0 Å². The first-order valence-electron chi connectivity index (χ1n) is 42.3. The maximum atomic E-state index is 9.00. The number of piperazine rings is 6. The molecule has 0 aromatic rings. The summed E-state index contributed by atoms with van der Waals surface area (Å²) < 4.78 is 10.1. The third-order valence-electron chi connectivity index (χ3n) is 19.9. The number of β-amino-alcohol motifs (C(OH)–C–C–N with tert-alkyl or cyclic N) is 6. The summed E-state index contributed by atoms with van der Waals surface area (Å²) in [6, 6.07) is 0. The van der Waals surface area contributed by atoms with Crippen molar-refractivity contribution in [1.29, 1.82) is 0 Å². The Morgan fingerprint density at radius 2 is 0.500 bits per heavy atom. The number of likely N-dealkylation sites (N-methyl/N-ethyl adjacent to an activating group) is 2. The third kappa shape index (κ3) is 70.6. The highest BCUT2D eigenvalue weighted by Crippen LogP contribution is 2.16. The Labute approximate surface area is 646 Å². The molecule has 106 heavy (non-hydrogen) atoms. The second kappa shape index (κ2) is 80.4. The number of likely N-dealkylation sites (tertiary alicyclic amines) is 3. The van der Waals surface area contributed by atoms with Gasteiger partial charge in [-0.05, 0) is 151 Å². The number of nitrogens with one attached hydrogen (secondary N) is 9. The molecule has 0 radical (unpaired) electrons. The average molecular weight is 1530 g/mol. The molecular formula is C76H171N19O11. The number of aliphatic hydroxyl groups excluding tert-OH is 8. The number of ether oxygens (including phenoxy) is 2. The molecule has 14 aliphatic rings. The van der Waals surface area contributed by atoms with Crippen LogP contribution in [0.1, 0.15) is 109 Å². The van der Waals surface area contributed by atoms with Crippen molar-refractivity contribution in [2.45, 2.75) is 121 Å². The van der Waals surface area contributed by atoms with E-state index in [0.717, 1.165) is 275 Å². The monoisotopic (exact) mass is 1530 g/mol. The van der Waals surface area contributed by atoms with Crippen LogP contribution < -0.4 is 47.9 Å². The van der Waals surface area contributed by atoms with E-state index in [1.165, 1.54) is 154 Å². The van der Waals surface area contributed by atoms with Crippen LogP contribution in [-0.2, 0) is 9.47 Å². The summed E-state index contributed by atoms with van der Waals surface area (Å²) in [5.74, 6) is 0. The Balaban J connectivity index is 0.000000573. The number of hydroxylamine groups is 2. The molecule has 636 valence electrons. The van der Waals surface area contributed by atoms with Gasteiger partial charge in [-0.25, -0.2) is 0 Å². The Hall–Kier alpha value is -1.20. The first-order chi connectivity index (χ1) is 52.0. The van der Waals surface area contributed by atoms with Crippen LogP contribution in [0.5, 0.6) is 0 Å². The van der Waals surface area contributed by atoms with Gasteiger partial charge >= 0.3 is 0 Å². The minimum Gasteiger partial charge on any atom is -0.395 e. The zero-order chi connectivity index (χ0) is 76.9. The van der Waals surface area contributed by atoms with Gasteiger partial charge in [0.15, 0.2) is 0 Å². The zero-order valence-electron chi connectivity index (χ0n) is 68.2. The van der Waals surface area contributed by atoms with E-state index >= 15 is 0 Å². The van der Waals surface area contributed by atoms with Crippen molar-refractivity contribution in [3.63, 3.8) is 0 Å². The molecule has 0 spiro atoms. The predicted molar refractivity (Wildman–Crippen MR) is 435 cm³/mol. The molecule has 14 fully saturated rings. The summed E-state index contributed by atoms with van der Waals surface area (Å²) >= 11 is 0. The minimum absolute atomic E-state index is 0.0220. The third-order valence-corrected chi connectivity index (χ3v) is 19.9. The minimum atomic E-state index is -0.0220. The van der Waals surface area contributed by atoms with Crippen LogP contribution in [0.4, 0.5) is 0 Å². The summed E-state index contributed by atoms with van der Waals surface area (Å²) in [4.78, 5) is 20.5. The highest BCUT2D eigenvalue weighted by Gasteiger charge is 2.16. The van der Waals surface area contributed by atoms with Crippen molar-refractivity contribution in [2.24, 2.45) is 0 Å². The molecule has 0 aromatic carbocycles. The van der Waals surface area contributed by atoms with Crippen molar-refractivity contribution < 1.29 is 55.5 Å². The summed E-state index contributed by atoms with van der Waals surface area (Å²) in [7, 11) is 6.38. The van der Waals surface area contributed by atoms with E-state index in [4.69, 9.17) is 55.5 Å². The van der Waals surface area contributed by atoms with Gasteiger partial charge in [-0.2, -0.15) is 5.06 Å². The van der Waals surface area contributed by atoms with Gasteiger partial charge in [-0.1, -0.05) is 32.1 Å². The Kier molecular flexibility index (Phi) is 78.0. The molecule has 14 rings (SSSR count). The molecule has 30 nitrogen and oxygen atoms in total. The number of piperidine rings is 3. The first-order valence-corrected chi connectivity index (χ1v) is 42.3. The lowest BCUT2D eigenvalue weighted by Gasteiger charge is -2.31. The predicted octanol–water partition coefficient (Wildman–Crippen LogP) is -3.05. The largest absolute Gasteiger partial charge is 0.395 e. The Bertz CT molecular complexity index is 1450. The van der Waals surface area contributed by atoms with E-state index in [1.54, 1.807) is 0 Å². The highest BCUT2D eigenvalue weighted by atomic mass is 16.5.